The zero-order chi connectivity index (χ0) is 54.3. The maximum absolute atomic E-state index is 12.9. The highest BCUT2D eigenvalue weighted by atomic mass is 16.6. The maximum Gasteiger partial charge on any atom is 0.306 e. The molecule has 0 saturated carbocycles. The minimum absolute atomic E-state index is 0.0719. The van der Waals surface area contributed by atoms with Gasteiger partial charge in [-0.05, 0) is 57.8 Å². The minimum atomic E-state index is -0.776. The lowest BCUT2D eigenvalue weighted by Gasteiger charge is -2.18. The molecule has 0 spiro atoms. The van der Waals surface area contributed by atoms with E-state index in [9.17, 15) is 14.4 Å². The Bertz CT molecular complexity index is 1250. The van der Waals surface area contributed by atoms with Crippen molar-refractivity contribution in [3.8, 4) is 0 Å². The lowest BCUT2D eigenvalue weighted by Crippen LogP contribution is -2.30. The van der Waals surface area contributed by atoms with E-state index in [0.717, 1.165) is 77.0 Å². The molecule has 1 unspecified atom stereocenters. The number of esters is 3. The number of carbonyl (C=O) groups excluding carboxylic acids is 3. The van der Waals surface area contributed by atoms with Crippen LogP contribution in [0.1, 0.15) is 367 Å². The van der Waals surface area contributed by atoms with E-state index in [0.29, 0.717) is 19.3 Å². The standard InChI is InChI=1S/C69H128O6/c1-4-7-10-13-16-19-22-25-28-31-33-34-35-37-38-41-44-47-50-53-56-59-62-68(71)74-65-66(64-73-67(70)61-58-55-52-49-46-43-40-30-27-24-21-18-15-12-9-6-3)75-69(72)63-60-57-54-51-48-45-42-39-36-32-29-26-23-20-17-14-11-8-5-2/h17,20,26,29,36,39,66H,4-16,18-19,21-25,27-28,30-35,37-38,40-65H2,1-3H3/b20-17-,29-26-,39-36-. The van der Waals surface area contributed by atoms with Gasteiger partial charge in [-0.1, -0.05) is 327 Å². The molecule has 0 aliphatic carbocycles. The summed E-state index contributed by atoms with van der Waals surface area (Å²) in [5.74, 6) is -0.856. The van der Waals surface area contributed by atoms with Gasteiger partial charge in [0.1, 0.15) is 13.2 Å². The van der Waals surface area contributed by atoms with E-state index in [1.807, 2.05) is 0 Å². The van der Waals surface area contributed by atoms with Crippen LogP contribution >= 0.6 is 0 Å². The molecule has 0 aliphatic rings. The quantitative estimate of drug-likeness (QED) is 0.0261. The first-order chi connectivity index (χ1) is 37.0. The second-order valence-corrected chi connectivity index (χ2v) is 22.7. The van der Waals surface area contributed by atoms with E-state index >= 15 is 0 Å². The lowest BCUT2D eigenvalue weighted by molar-refractivity contribution is -0.167. The highest BCUT2D eigenvalue weighted by Crippen LogP contribution is 2.18. The minimum Gasteiger partial charge on any atom is -0.462 e. The predicted octanol–water partition coefficient (Wildman–Crippen LogP) is 22.8. The van der Waals surface area contributed by atoms with Crippen LogP contribution in [-0.4, -0.2) is 37.2 Å². The maximum atomic E-state index is 12.9. The number of hydrogen-bond donors (Lipinski definition) is 0. The van der Waals surface area contributed by atoms with Crippen molar-refractivity contribution in [3.05, 3.63) is 36.5 Å². The normalized spacial score (nSPS) is 12.2. The summed E-state index contributed by atoms with van der Waals surface area (Å²) < 4.78 is 17.0. The Morgan fingerprint density at radius 1 is 0.267 bits per heavy atom. The molecule has 0 aromatic heterocycles. The summed E-state index contributed by atoms with van der Waals surface area (Å²) in [5.41, 5.74) is 0. The third-order valence-electron chi connectivity index (χ3n) is 15.1. The first kappa shape index (κ1) is 72.6. The fourth-order valence-corrected chi connectivity index (χ4v) is 10.1. The van der Waals surface area contributed by atoms with E-state index < -0.39 is 6.10 Å². The predicted molar refractivity (Wildman–Crippen MR) is 326 cm³/mol. The van der Waals surface area contributed by atoms with Crippen LogP contribution in [0.25, 0.3) is 0 Å². The average molecular weight is 1050 g/mol. The van der Waals surface area contributed by atoms with E-state index in [2.05, 4.69) is 57.2 Å². The van der Waals surface area contributed by atoms with Crippen LogP contribution in [0, 0.1) is 0 Å². The van der Waals surface area contributed by atoms with Crippen molar-refractivity contribution in [1.29, 1.82) is 0 Å². The molecule has 0 bridgehead atoms. The van der Waals surface area contributed by atoms with Gasteiger partial charge in [-0.15, -0.1) is 0 Å². The number of rotatable bonds is 62. The lowest BCUT2D eigenvalue weighted by atomic mass is 10.0. The van der Waals surface area contributed by atoms with Gasteiger partial charge in [0.2, 0.25) is 0 Å². The Kier molecular flexibility index (Phi) is 62.1. The van der Waals surface area contributed by atoms with Crippen molar-refractivity contribution < 1.29 is 28.6 Å². The van der Waals surface area contributed by atoms with Crippen LogP contribution in [0.5, 0.6) is 0 Å². The third kappa shape index (κ3) is 62.4. The molecule has 0 saturated heterocycles. The van der Waals surface area contributed by atoms with Crippen molar-refractivity contribution in [2.24, 2.45) is 0 Å². The number of unbranched alkanes of at least 4 members (excludes halogenated alkanes) is 45. The van der Waals surface area contributed by atoms with Gasteiger partial charge < -0.3 is 14.2 Å². The molecule has 0 N–H and O–H groups in total. The topological polar surface area (TPSA) is 78.9 Å². The van der Waals surface area contributed by atoms with E-state index in [4.69, 9.17) is 14.2 Å². The summed E-state index contributed by atoms with van der Waals surface area (Å²) in [6.07, 6.45) is 78.7. The first-order valence-corrected chi connectivity index (χ1v) is 33.5. The zero-order valence-electron chi connectivity index (χ0n) is 50.6. The van der Waals surface area contributed by atoms with Gasteiger partial charge in [-0.3, -0.25) is 14.4 Å². The molecule has 6 nitrogen and oxygen atoms in total. The second-order valence-electron chi connectivity index (χ2n) is 22.7. The van der Waals surface area contributed by atoms with Gasteiger partial charge >= 0.3 is 17.9 Å². The number of allylic oxidation sites excluding steroid dienone is 6. The fraction of sp³-hybridized carbons (Fsp3) is 0.870. The summed E-state index contributed by atoms with van der Waals surface area (Å²) in [5, 5.41) is 0. The molecule has 440 valence electrons. The van der Waals surface area contributed by atoms with Crippen molar-refractivity contribution in [2.75, 3.05) is 13.2 Å². The molecule has 0 aliphatic heterocycles. The molecule has 6 heteroatoms. The summed E-state index contributed by atoms with van der Waals surface area (Å²) >= 11 is 0. The number of ether oxygens (including phenoxy) is 3. The van der Waals surface area contributed by atoms with Gasteiger partial charge in [0.05, 0.1) is 0 Å². The third-order valence-corrected chi connectivity index (χ3v) is 15.1. The molecule has 75 heavy (non-hydrogen) atoms. The van der Waals surface area contributed by atoms with Crippen molar-refractivity contribution >= 4 is 17.9 Å². The SMILES string of the molecule is CCCCC/C=C\C/C=C\C/C=C\CCCCCCCCC(=O)OC(COC(=O)CCCCCCCCCCCCCCCCCC)COC(=O)CCCCCCCCCCCCCCCCCCCCCCCC. The Balaban J connectivity index is 4.32. The van der Waals surface area contributed by atoms with Crippen LogP contribution in [0.2, 0.25) is 0 Å². The van der Waals surface area contributed by atoms with Crippen LogP contribution < -0.4 is 0 Å². The van der Waals surface area contributed by atoms with Gasteiger partial charge in [-0.25, -0.2) is 0 Å². The van der Waals surface area contributed by atoms with E-state index in [-0.39, 0.29) is 31.1 Å². The van der Waals surface area contributed by atoms with Crippen LogP contribution in [-0.2, 0) is 28.6 Å². The molecule has 0 aromatic carbocycles. The molecule has 0 fully saturated rings. The van der Waals surface area contributed by atoms with E-state index in [1.54, 1.807) is 0 Å². The smallest absolute Gasteiger partial charge is 0.306 e. The molecule has 1 atom stereocenters. The Morgan fingerprint density at radius 3 is 0.773 bits per heavy atom. The molecule has 0 radical (unpaired) electrons. The summed E-state index contributed by atoms with van der Waals surface area (Å²) in [4.78, 5) is 38.4. The highest BCUT2D eigenvalue weighted by molar-refractivity contribution is 5.71. The van der Waals surface area contributed by atoms with Crippen LogP contribution in [0.4, 0.5) is 0 Å². The van der Waals surface area contributed by atoms with Gasteiger partial charge in [0, 0.05) is 19.3 Å². The Morgan fingerprint density at radius 2 is 0.480 bits per heavy atom. The summed E-state index contributed by atoms with van der Waals surface area (Å²) in [6.45, 7) is 6.68. The highest BCUT2D eigenvalue weighted by Gasteiger charge is 2.19. The Labute approximate surface area is 467 Å². The van der Waals surface area contributed by atoms with E-state index in [1.165, 1.54) is 250 Å². The molecule has 0 heterocycles. The number of carbonyl (C=O) groups is 3. The summed E-state index contributed by atoms with van der Waals surface area (Å²) in [6, 6.07) is 0. The van der Waals surface area contributed by atoms with Gasteiger partial charge in [0.15, 0.2) is 6.10 Å². The van der Waals surface area contributed by atoms with Crippen LogP contribution in [0.15, 0.2) is 36.5 Å². The van der Waals surface area contributed by atoms with Crippen molar-refractivity contribution in [2.45, 2.75) is 374 Å². The largest absolute Gasteiger partial charge is 0.462 e. The van der Waals surface area contributed by atoms with Gasteiger partial charge in [0.25, 0.3) is 0 Å². The molecular formula is C69H128O6. The molecule has 0 aromatic rings. The van der Waals surface area contributed by atoms with Crippen molar-refractivity contribution in [1.82, 2.24) is 0 Å². The van der Waals surface area contributed by atoms with Crippen molar-refractivity contribution in [3.63, 3.8) is 0 Å². The fourth-order valence-electron chi connectivity index (χ4n) is 10.1. The molecular weight excluding hydrogens is 925 g/mol. The van der Waals surface area contributed by atoms with Crippen LogP contribution in [0.3, 0.4) is 0 Å². The number of hydrogen-bond acceptors (Lipinski definition) is 6. The van der Waals surface area contributed by atoms with Gasteiger partial charge in [-0.2, -0.15) is 0 Å². The monoisotopic (exact) mass is 1050 g/mol. The molecule has 0 rings (SSSR count). The molecule has 0 amide bonds. The first-order valence-electron chi connectivity index (χ1n) is 33.5. The average Bonchev–Trinajstić information content (AvgIpc) is 3.41. The summed E-state index contributed by atoms with van der Waals surface area (Å²) in [7, 11) is 0. The zero-order valence-corrected chi connectivity index (χ0v) is 50.6. The Hall–Kier alpha value is -2.37. The second kappa shape index (κ2) is 64.2.